The lowest BCUT2D eigenvalue weighted by atomic mass is 10.1. The van der Waals surface area contributed by atoms with Gasteiger partial charge in [0.25, 0.3) is 0 Å². The second kappa shape index (κ2) is 5.14. The lowest BCUT2D eigenvalue weighted by Crippen LogP contribution is -2.01. The van der Waals surface area contributed by atoms with Gasteiger partial charge in [-0.2, -0.15) is 4.98 Å². The third-order valence-electron chi connectivity index (χ3n) is 3.16. The van der Waals surface area contributed by atoms with Crippen LogP contribution in [-0.2, 0) is 0 Å². The molecule has 4 heteroatoms. The second-order valence-electron chi connectivity index (χ2n) is 4.78. The molecule has 1 aromatic heterocycles. The minimum atomic E-state index is 0.170. The molecule has 0 unspecified atom stereocenters. The Bertz CT molecular complexity index is 871. The highest BCUT2D eigenvalue weighted by Crippen LogP contribution is 2.22. The summed E-state index contributed by atoms with van der Waals surface area (Å²) in [7, 11) is 0. The van der Waals surface area contributed by atoms with Gasteiger partial charge in [0.15, 0.2) is 0 Å². The van der Waals surface area contributed by atoms with Crippen molar-refractivity contribution in [3.63, 3.8) is 0 Å². The summed E-state index contributed by atoms with van der Waals surface area (Å²) in [6.07, 6.45) is 0. The van der Waals surface area contributed by atoms with Crippen LogP contribution in [0.2, 0.25) is 0 Å². The van der Waals surface area contributed by atoms with Crippen molar-refractivity contribution in [1.29, 1.82) is 0 Å². The van der Waals surface area contributed by atoms with Crippen LogP contribution in [0.4, 0.5) is 11.8 Å². The molecule has 0 bridgehead atoms. The highest BCUT2D eigenvalue weighted by molar-refractivity contribution is 5.94. The van der Waals surface area contributed by atoms with Gasteiger partial charge in [0.05, 0.1) is 10.9 Å². The van der Waals surface area contributed by atoms with Crippen molar-refractivity contribution in [2.45, 2.75) is 6.92 Å². The van der Waals surface area contributed by atoms with Crippen LogP contribution >= 0.6 is 0 Å². The standard InChI is InChI=1S/C17H14N4/c1-11-5-7-12(8-6-11)9-10-13-3-2-4-14-15(13)16(18)21-17(19)20-14/h2-8H,1H3,(H4,18,19,20,21). The Morgan fingerprint density at radius 2 is 1.67 bits per heavy atom. The van der Waals surface area contributed by atoms with Crippen LogP contribution in [0.1, 0.15) is 16.7 Å². The van der Waals surface area contributed by atoms with E-state index in [1.165, 1.54) is 5.56 Å². The minimum Gasteiger partial charge on any atom is -0.383 e. The van der Waals surface area contributed by atoms with E-state index in [-0.39, 0.29) is 5.95 Å². The summed E-state index contributed by atoms with van der Waals surface area (Å²) in [6.45, 7) is 2.05. The maximum atomic E-state index is 5.95. The maximum Gasteiger partial charge on any atom is 0.222 e. The van der Waals surface area contributed by atoms with E-state index in [1.54, 1.807) is 0 Å². The second-order valence-corrected chi connectivity index (χ2v) is 4.78. The van der Waals surface area contributed by atoms with E-state index in [9.17, 15) is 0 Å². The molecule has 3 aromatic rings. The van der Waals surface area contributed by atoms with Gasteiger partial charge in [-0.05, 0) is 31.2 Å². The number of nitrogens with zero attached hydrogens (tertiary/aromatic N) is 2. The lowest BCUT2D eigenvalue weighted by molar-refractivity contribution is 1.24. The first-order valence-corrected chi connectivity index (χ1v) is 6.54. The zero-order valence-corrected chi connectivity index (χ0v) is 11.6. The Morgan fingerprint density at radius 1 is 0.905 bits per heavy atom. The van der Waals surface area contributed by atoms with Crippen LogP contribution in [0, 0.1) is 18.8 Å². The third-order valence-corrected chi connectivity index (χ3v) is 3.16. The first-order chi connectivity index (χ1) is 10.1. The molecular weight excluding hydrogens is 260 g/mol. The van der Waals surface area contributed by atoms with Crippen molar-refractivity contribution in [2.75, 3.05) is 11.5 Å². The fourth-order valence-corrected chi connectivity index (χ4v) is 2.11. The summed E-state index contributed by atoms with van der Waals surface area (Å²) in [4.78, 5) is 8.19. The monoisotopic (exact) mass is 274 g/mol. The molecule has 0 aliphatic rings. The quantitative estimate of drug-likeness (QED) is 0.617. The molecule has 0 spiro atoms. The SMILES string of the molecule is Cc1ccc(C#Cc2cccc3nc(N)nc(N)c23)cc1. The van der Waals surface area contributed by atoms with Crippen LogP contribution in [0.5, 0.6) is 0 Å². The number of nitrogens with two attached hydrogens (primary N) is 2. The first-order valence-electron chi connectivity index (χ1n) is 6.54. The molecule has 0 atom stereocenters. The minimum absolute atomic E-state index is 0.170. The zero-order chi connectivity index (χ0) is 14.8. The molecule has 0 saturated heterocycles. The molecule has 0 radical (unpaired) electrons. The van der Waals surface area contributed by atoms with Crippen molar-refractivity contribution >= 4 is 22.7 Å². The molecule has 0 fully saturated rings. The van der Waals surface area contributed by atoms with Crippen LogP contribution in [0.3, 0.4) is 0 Å². The largest absolute Gasteiger partial charge is 0.383 e. The van der Waals surface area contributed by atoms with E-state index in [4.69, 9.17) is 11.5 Å². The smallest absolute Gasteiger partial charge is 0.222 e. The molecule has 102 valence electrons. The lowest BCUT2D eigenvalue weighted by Gasteiger charge is -2.04. The Kier molecular flexibility index (Phi) is 3.17. The number of nitrogen functional groups attached to an aromatic ring is 2. The molecule has 1 heterocycles. The van der Waals surface area contributed by atoms with Gasteiger partial charge in [-0.15, -0.1) is 0 Å². The number of fused-ring (bicyclic) bond motifs is 1. The summed E-state index contributed by atoms with van der Waals surface area (Å²) in [6, 6.07) is 13.7. The summed E-state index contributed by atoms with van der Waals surface area (Å²) >= 11 is 0. The average molecular weight is 274 g/mol. The maximum absolute atomic E-state index is 5.95. The number of benzene rings is 2. The van der Waals surface area contributed by atoms with Crippen LogP contribution in [0.15, 0.2) is 42.5 Å². The summed E-state index contributed by atoms with van der Waals surface area (Å²) < 4.78 is 0. The van der Waals surface area contributed by atoms with E-state index in [0.717, 1.165) is 16.5 Å². The van der Waals surface area contributed by atoms with E-state index < -0.39 is 0 Å². The number of aryl methyl sites for hydroxylation is 1. The highest BCUT2D eigenvalue weighted by atomic mass is 15.0. The fourth-order valence-electron chi connectivity index (χ4n) is 2.11. The topological polar surface area (TPSA) is 77.8 Å². The normalized spacial score (nSPS) is 10.1. The predicted molar refractivity (Wildman–Crippen MR) is 85.5 cm³/mol. The molecule has 4 N–H and O–H groups in total. The van der Waals surface area contributed by atoms with Crippen LogP contribution in [0.25, 0.3) is 10.9 Å². The van der Waals surface area contributed by atoms with Gasteiger partial charge in [-0.3, -0.25) is 0 Å². The van der Waals surface area contributed by atoms with Crippen molar-refractivity contribution in [2.24, 2.45) is 0 Å². The van der Waals surface area contributed by atoms with Gasteiger partial charge in [-0.1, -0.05) is 35.6 Å². The molecule has 0 amide bonds. The Balaban J connectivity index is 2.12. The van der Waals surface area contributed by atoms with E-state index >= 15 is 0 Å². The van der Waals surface area contributed by atoms with Crippen LogP contribution < -0.4 is 11.5 Å². The summed E-state index contributed by atoms with van der Waals surface area (Å²) in [5.74, 6) is 6.79. The summed E-state index contributed by atoms with van der Waals surface area (Å²) in [5, 5.41) is 0.742. The predicted octanol–water partition coefficient (Wildman–Crippen LogP) is 2.50. The van der Waals surface area contributed by atoms with E-state index in [1.807, 2.05) is 49.4 Å². The Labute approximate surface area is 122 Å². The third kappa shape index (κ3) is 2.63. The number of rotatable bonds is 0. The average Bonchev–Trinajstić information content (AvgIpc) is 2.46. The van der Waals surface area contributed by atoms with Gasteiger partial charge in [0.2, 0.25) is 5.95 Å². The molecule has 0 aliphatic carbocycles. The molecule has 4 nitrogen and oxygen atoms in total. The van der Waals surface area contributed by atoms with Gasteiger partial charge in [-0.25, -0.2) is 4.98 Å². The Hall–Kier alpha value is -3.06. The van der Waals surface area contributed by atoms with Crippen LogP contribution in [-0.4, -0.2) is 9.97 Å². The molecule has 21 heavy (non-hydrogen) atoms. The molecule has 2 aromatic carbocycles. The van der Waals surface area contributed by atoms with Gasteiger partial charge < -0.3 is 11.5 Å². The van der Waals surface area contributed by atoms with E-state index in [0.29, 0.717) is 11.3 Å². The highest BCUT2D eigenvalue weighted by Gasteiger charge is 2.06. The number of hydrogen-bond donors (Lipinski definition) is 2. The van der Waals surface area contributed by atoms with Crippen molar-refractivity contribution in [1.82, 2.24) is 9.97 Å². The molecule has 0 aliphatic heterocycles. The zero-order valence-electron chi connectivity index (χ0n) is 11.6. The van der Waals surface area contributed by atoms with Crippen molar-refractivity contribution < 1.29 is 0 Å². The number of aromatic nitrogens is 2. The molecule has 0 saturated carbocycles. The number of hydrogen-bond acceptors (Lipinski definition) is 4. The van der Waals surface area contributed by atoms with Crippen molar-refractivity contribution in [3.8, 4) is 11.8 Å². The fraction of sp³-hybridized carbons (Fsp3) is 0.0588. The number of anilines is 2. The van der Waals surface area contributed by atoms with E-state index in [2.05, 4.69) is 21.8 Å². The van der Waals surface area contributed by atoms with Gasteiger partial charge in [0.1, 0.15) is 5.82 Å². The molecular formula is C17H14N4. The van der Waals surface area contributed by atoms with Gasteiger partial charge >= 0.3 is 0 Å². The van der Waals surface area contributed by atoms with Crippen molar-refractivity contribution in [3.05, 3.63) is 59.2 Å². The summed E-state index contributed by atoms with van der Waals surface area (Å²) in [5.41, 5.74) is 15.2. The first kappa shape index (κ1) is 12.9. The molecule has 3 rings (SSSR count). The Morgan fingerprint density at radius 3 is 2.43 bits per heavy atom. The van der Waals surface area contributed by atoms with Gasteiger partial charge in [0, 0.05) is 11.1 Å².